The topological polar surface area (TPSA) is 307 Å². The molecule has 3 saturated heterocycles. The third-order valence-corrected chi connectivity index (χ3v) is 13.7. The molecule has 3 aliphatic rings. The highest BCUT2D eigenvalue weighted by Crippen LogP contribution is 2.33. The number of unbranched alkanes of at least 4 members (excludes halogenated alkanes) is 18. The van der Waals surface area contributed by atoms with E-state index < -0.39 is 124 Å². The van der Waals surface area contributed by atoms with Gasteiger partial charge >= 0.3 is 0 Å². The second kappa shape index (κ2) is 37.7. The Morgan fingerprint density at radius 2 is 0.889 bits per heavy atom. The molecule has 12 N–H and O–H groups in total. The van der Waals surface area contributed by atoms with Crippen LogP contribution in [0.25, 0.3) is 0 Å². The van der Waals surface area contributed by atoms with Gasteiger partial charge in [-0.1, -0.05) is 147 Å². The standard InChI is InChI=1S/C53H95NO18/c1-3-5-7-9-11-13-15-16-17-18-19-21-22-24-26-28-30-37(58)36(54-41(59)31-29-27-25-23-20-14-12-10-8-6-4-2)35-67-51-47(65)44(62)49(39(33-56)69-51)72-53-48(66)45(63)50(40(34-57)70-53)71-52-46(64)43(61)42(60)38(32-55)68-52/h16-17,21-22,28,30,36-40,42-53,55-58,60-66H,3-15,18-20,23-27,29,31-35H2,1-2H3,(H,54,59)/b17-16+,22-21+,30-28+. The van der Waals surface area contributed by atoms with Crippen LogP contribution in [0.4, 0.5) is 0 Å². The number of allylic oxidation sites excluding steroid dienone is 5. The van der Waals surface area contributed by atoms with Crippen molar-refractivity contribution in [3.63, 3.8) is 0 Å². The molecule has 0 radical (unpaired) electrons. The minimum atomic E-state index is -1.98. The number of amides is 1. The van der Waals surface area contributed by atoms with Crippen molar-refractivity contribution < 1.29 is 89.4 Å². The molecule has 17 atom stereocenters. The fourth-order valence-electron chi connectivity index (χ4n) is 9.10. The summed E-state index contributed by atoms with van der Waals surface area (Å²) in [4.78, 5) is 13.2. The van der Waals surface area contributed by atoms with E-state index in [0.29, 0.717) is 12.8 Å². The van der Waals surface area contributed by atoms with Crippen molar-refractivity contribution in [1.82, 2.24) is 5.32 Å². The fraction of sp³-hybridized carbons (Fsp3) is 0.868. The lowest BCUT2D eigenvalue weighted by Gasteiger charge is -2.48. The Morgan fingerprint density at radius 1 is 0.486 bits per heavy atom. The predicted molar refractivity (Wildman–Crippen MR) is 268 cm³/mol. The van der Waals surface area contributed by atoms with Crippen molar-refractivity contribution in [2.45, 2.75) is 266 Å². The molecule has 3 fully saturated rings. The number of hydrogen-bond donors (Lipinski definition) is 12. The summed E-state index contributed by atoms with van der Waals surface area (Å²) in [7, 11) is 0. The van der Waals surface area contributed by atoms with Gasteiger partial charge in [-0.25, -0.2) is 0 Å². The number of aliphatic hydroxyl groups is 11. The number of hydrogen-bond acceptors (Lipinski definition) is 18. The number of rotatable bonds is 38. The molecule has 0 aliphatic carbocycles. The second-order valence-electron chi connectivity index (χ2n) is 19.7. The molecule has 0 aromatic rings. The van der Waals surface area contributed by atoms with E-state index in [4.69, 9.17) is 28.4 Å². The van der Waals surface area contributed by atoms with Crippen molar-refractivity contribution in [3.8, 4) is 0 Å². The maximum absolute atomic E-state index is 13.2. The van der Waals surface area contributed by atoms with Crippen LogP contribution in [0.3, 0.4) is 0 Å². The van der Waals surface area contributed by atoms with Crippen molar-refractivity contribution in [3.05, 3.63) is 36.5 Å². The molecular formula is C53H95NO18. The molecule has 19 heteroatoms. The molecule has 420 valence electrons. The lowest BCUT2D eigenvalue weighted by Crippen LogP contribution is -2.66. The average Bonchev–Trinajstić information content (AvgIpc) is 3.37. The fourth-order valence-corrected chi connectivity index (χ4v) is 9.10. The van der Waals surface area contributed by atoms with E-state index >= 15 is 0 Å². The van der Waals surface area contributed by atoms with E-state index in [1.165, 1.54) is 83.5 Å². The Balaban J connectivity index is 1.57. The van der Waals surface area contributed by atoms with Gasteiger partial charge in [-0.15, -0.1) is 0 Å². The summed E-state index contributed by atoms with van der Waals surface area (Å²) in [6.07, 6.45) is 10.0. The van der Waals surface area contributed by atoms with Gasteiger partial charge in [-0.05, 0) is 44.9 Å². The summed E-state index contributed by atoms with van der Waals surface area (Å²) in [6.45, 7) is 1.64. The van der Waals surface area contributed by atoms with Gasteiger partial charge in [-0.3, -0.25) is 4.79 Å². The summed E-state index contributed by atoms with van der Waals surface area (Å²) in [6, 6.07) is -0.990. The zero-order valence-corrected chi connectivity index (χ0v) is 43.1. The number of ether oxygens (including phenoxy) is 6. The first-order chi connectivity index (χ1) is 34.8. The zero-order chi connectivity index (χ0) is 52.7. The Kier molecular flexibility index (Phi) is 33.7. The van der Waals surface area contributed by atoms with E-state index in [-0.39, 0.29) is 18.9 Å². The molecule has 0 aromatic carbocycles. The number of nitrogens with one attached hydrogen (secondary N) is 1. The molecule has 3 rings (SSSR count). The van der Waals surface area contributed by atoms with E-state index in [0.717, 1.165) is 44.9 Å². The molecule has 0 spiro atoms. The largest absolute Gasteiger partial charge is 0.394 e. The van der Waals surface area contributed by atoms with Crippen molar-refractivity contribution in [2.24, 2.45) is 0 Å². The molecule has 19 nitrogen and oxygen atoms in total. The van der Waals surface area contributed by atoms with Crippen molar-refractivity contribution in [2.75, 3.05) is 26.4 Å². The first-order valence-electron chi connectivity index (χ1n) is 27.2. The van der Waals surface area contributed by atoms with E-state index in [9.17, 15) is 61.0 Å². The van der Waals surface area contributed by atoms with Gasteiger partial charge in [0.15, 0.2) is 18.9 Å². The molecule has 0 aromatic heterocycles. The third-order valence-electron chi connectivity index (χ3n) is 13.7. The van der Waals surface area contributed by atoms with Crippen LogP contribution in [0.1, 0.15) is 162 Å². The molecule has 0 bridgehead atoms. The maximum Gasteiger partial charge on any atom is 0.220 e. The first-order valence-corrected chi connectivity index (χ1v) is 27.2. The van der Waals surface area contributed by atoms with Gasteiger partial charge in [0.05, 0.1) is 38.6 Å². The normalized spacial score (nSPS) is 32.3. The summed E-state index contributed by atoms with van der Waals surface area (Å²) in [5, 5.41) is 120. The lowest BCUT2D eigenvalue weighted by molar-refractivity contribution is -0.379. The second-order valence-corrected chi connectivity index (χ2v) is 19.7. The van der Waals surface area contributed by atoms with E-state index in [1.54, 1.807) is 6.08 Å². The average molecular weight is 1030 g/mol. The van der Waals surface area contributed by atoms with E-state index in [2.05, 4.69) is 43.5 Å². The summed E-state index contributed by atoms with van der Waals surface area (Å²) in [5.74, 6) is -0.294. The van der Waals surface area contributed by atoms with Crippen LogP contribution in [-0.4, -0.2) is 193 Å². The molecule has 72 heavy (non-hydrogen) atoms. The first kappa shape index (κ1) is 64.3. The molecule has 3 heterocycles. The molecule has 0 saturated carbocycles. The minimum absolute atomic E-state index is 0.234. The van der Waals surface area contributed by atoms with Crippen molar-refractivity contribution in [1.29, 1.82) is 0 Å². The van der Waals surface area contributed by atoms with Gasteiger partial charge in [0, 0.05) is 6.42 Å². The van der Waals surface area contributed by atoms with E-state index in [1.807, 2.05) is 6.08 Å². The van der Waals surface area contributed by atoms with Gasteiger partial charge in [-0.2, -0.15) is 0 Å². The van der Waals surface area contributed by atoms with Crippen LogP contribution in [0.15, 0.2) is 36.5 Å². The molecule has 1 amide bonds. The highest BCUT2D eigenvalue weighted by molar-refractivity contribution is 5.76. The Hall–Kier alpha value is -1.99. The summed E-state index contributed by atoms with van der Waals surface area (Å²) in [5.41, 5.74) is 0. The Bertz CT molecular complexity index is 1470. The number of aliphatic hydroxyl groups excluding tert-OH is 11. The van der Waals surface area contributed by atoms with Crippen LogP contribution in [0.2, 0.25) is 0 Å². The Labute approximate surface area is 428 Å². The SMILES string of the molecule is CCCCCCCC/C=C/CC/C=C/CC/C=C/C(O)C(COC1OC(CO)C(OC2OC(CO)C(OC3OC(CO)C(O)C(O)C3O)C(O)C2O)C(O)C1O)NC(=O)CCCCCCCCCCCCC. The monoisotopic (exact) mass is 1030 g/mol. The highest BCUT2D eigenvalue weighted by atomic mass is 16.8. The number of carbonyl (C=O) groups is 1. The highest BCUT2D eigenvalue weighted by Gasteiger charge is 2.53. The molecule has 3 aliphatic heterocycles. The van der Waals surface area contributed by atoms with Gasteiger partial charge in [0.2, 0.25) is 5.91 Å². The molecular weight excluding hydrogens is 939 g/mol. The third kappa shape index (κ3) is 22.7. The minimum Gasteiger partial charge on any atom is -0.394 e. The number of carbonyl (C=O) groups excluding carboxylic acids is 1. The Morgan fingerprint density at radius 3 is 1.39 bits per heavy atom. The molecule has 17 unspecified atom stereocenters. The van der Waals surface area contributed by atoms with Gasteiger partial charge < -0.3 is 89.9 Å². The van der Waals surface area contributed by atoms with Crippen LogP contribution >= 0.6 is 0 Å². The quantitative estimate of drug-likeness (QED) is 0.0313. The summed E-state index contributed by atoms with van der Waals surface area (Å²) >= 11 is 0. The van der Waals surface area contributed by atoms with Gasteiger partial charge in [0.25, 0.3) is 0 Å². The van der Waals surface area contributed by atoms with Crippen LogP contribution in [-0.2, 0) is 33.2 Å². The van der Waals surface area contributed by atoms with Gasteiger partial charge in [0.1, 0.15) is 73.2 Å². The smallest absolute Gasteiger partial charge is 0.220 e. The van der Waals surface area contributed by atoms with Crippen molar-refractivity contribution >= 4 is 5.91 Å². The zero-order valence-electron chi connectivity index (χ0n) is 43.1. The summed E-state index contributed by atoms with van der Waals surface area (Å²) < 4.78 is 34.1. The lowest BCUT2D eigenvalue weighted by atomic mass is 9.96. The van der Waals surface area contributed by atoms with Crippen LogP contribution in [0.5, 0.6) is 0 Å². The maximum atomic E-state index is 13.2. The van der Waals surface area contributed by atoms with Crippen LogP contribution < -0.4 is 5.32 Å². The predicted octanol–water partition coefficient (Wildman–Crippen LogP) is 2.98. The van der Waals surface area contributed by atoms with Crippen LogP contribution in [0, 0.1) is 0 Å².